The molecule has 0 saturated heterocycles. The number of dihydropyridines is 1. The molecule has 0 bridgehead atoms. The number of aliphatic hydroxyl groups is 1. The standard InChI is InChI=1S/C22H28N2O2.C8H8F3NO.CH4O/c1-7-16(4)26-17(5)21-12-20(13-24-22(21)23-6)19-9-8-18(11-15(3)25)14(2)10-19;1-5-4-6(13-12-5)7(2-3-7)8(9,10)11;1-2/h8-10,12-13,16H,7,11H2,1-6H3;4H,2-3H2,1H3;2H,1H3/b21-17+,23-22?;;. The molecule has 2 aliphatic rings. The quantitative estimate of drug-likeness (QED) is 0.363. The third-order valence-corrected chi connectivity index (χ3v) is 6.92. The molecule has 10 heteroatoms. The van der Waals surface area contributed by atoms with E-state index in [2.05, 4.69) is 45.7 Å². The van der Waals surface area contributed by atoms with Gasteiger partial charge in [-0.15, -0.1) is 0 Å². The van der Waals surface area contributed by atoms with Crippen molar-refractivity contribution in [2.45, 2.75) is 84.9 Å². The largest absolute Gasteiger partial charge is 0.495 e. The van der Waals surface area contributed by atoms with E-state index in [-0.39, 0.29) is 30.5 Å². The zero-order chi connectivity index (χ0) is 31.0. The number of aliphatic hydroxyl groups excluding tert-OH is 1. The maximum absolute atomic E-state index is 12.5. The first kappa shape index (κ1) is 33.7. The maximum atomic E-state index is 12.5. The number of ether oxygens (including phenoxy) is 1. The lowest BCUT2D eigenvalue weighted by molar-refractivity contribution is -0.165. The summed E-state index contributed by atoms with van der Waals surface area (Å²) in [5, 5.41) is 10.5. The number of aliphatic imine (C=N–C) groups is 2. The number of Topliss-reactive ketones (excluding diaryl/α,β-unsaturated/α-hetero) is 1. The number of aryl methyl sites for hydroxylation is 2. The highest BCUT2D eigenvalue weighted by atomic mass is 19.4. The van der Waals surface area contributed by atoms with Crippen molar-refractivity contribution >= 4 is 23.4 Å². The van der Waals surface area contributed by atoms with Crippen LogP contribution >= 0.6 is 0 Å². The number of hydrogen-bond donors (Lipinski definition) is 1. The van der Waals surface area contributed by atoms with Crippen molar-refractivity contribution in [3.05, 3.63) is 69.8 Å². The fraction of sp³-hybridized carbons (Fsp3) is 0.484. The molecule has 1 aromatic heterocycles. The third-order valence-electron chi connectivity index (χ3n) is 6.92. The summed E-state index contributed by atoms with van der Waals surface area (Å²) in [5.74, 6) is 1.64. The minimum Gasteiger partial charge on any atom is -0.495 e. The third kappa shape index (κ3) is 8.48. The molecule has 224 valence electrons. The van der Waals surface area contributed by atoms with Gasteiger partial charge in [-0.1, -0.05) is 30.3 Å². The molecule has 1 aromatic carbocycles. The summed E-state index contributed by atoms with van der Waals surface area (Å²) in [5.41, 5.74) is 3.94. The number of benzene rings is 1. The molecule has 4 rings (SSSR count). The smallest absolute Gasteiger partial charge is 0.401 e. The molecule has 2 heterocycles. The van der Waals surface area contributed by atoms with E-state index < -0.39 is 11.6 Å². The van der Waals surface area contributed by atoms with Crippen LogP contribution in [0.15, 0.2) is 56.2 Å². The highest BCUT2D eigenvalue weighted by Gasteiger charge is 2.66. The van der Waals surface area contributed by atoms with Gasteiger partial charge in [0.25, 0.3) is 0 Å². The molecule has 1 aliphatic heterocycles. The van der Waals surface area contributed by atoms with E-state index in [9.17, 15) is 18.0 Å². The predicted octanol–water partition coefficient (Wildman–Crippen LogP) is 6.90. The Morgan fingerprint density at radius 3 is 2.32 bits per heavy atom. The molecule has 0 spiro atoms. The fourth-order valence-electron chi connectivity index (χ4n) is 4.23. The van der Waals surface area contributed by atoms with Crippen LogP contribution < -0.4 is 0 Å². The first-order chi connectivity index (χ1) is 19.3. The van der Waals surface area contributed by atoms with Crippen molar-refractivity contribution in [1.29, 1.82) is 0 Å². The molecule has 41 heavy (non-hydrogen) atoms. The zero-order valence-corrected chi connectivity index (χ0v) is 25.0. The van der Waals surface area contributed by atoms with Crippen LogP contribution in [0.3, 0.4) is 0 Å². The van der Waals surface area contributed by atoms with Crippen LogP contribution in [0.4, 0.5) is 13.2 Å². The van der Waals surface area contributed by atoms with E-state index in [1.807, 2.05) is 32.2 Å². The van der Waals surface area contributed by atoms with Crippen LogP contribution in [0.2, 0.25) is 0 Å². The first-order valence-electron chi connectivity index (χ1n) is 13.5. The summed E-state index contributed by atoms with van der Waals surface area (Å²) < 4.78 is 48.1. The van der Waals surface area contributed by atoms with E-state index in [1.54, 1.807) is 20.9 Å². The van der Waals surface area contributed by atoms with Gasteiger partial charge < -0.3 is 14.4 Å². The topological polar surface area (TPSA) is 97.3 Å². The molecule has 0 amide bonds. The number of ketones is 1. The van der Waals surface area contributed by atoms with Gasteiger partial charge in [-0.2, -0.15) is 13.2 Å². The average Bonchev–Trinajstić information content (AvgIpc) is 3.65. The van der Waals surface area contributed by atoms with Crippen molar-refractivity contribution in [2.75, 3.05) is 14.2 Å². The van der Waals surface area contributed by atoms with E-state index >= 15 is 0 Å². The zero-order valence-electron chi connectivity index (χ0n) is 25.0. The van der Waals surface area contributed by atoms with Crippen LogP contribution in [-0.4, -0.2) is 54.5 Å². The molecule has 2 aromatic rings. The molecule has 1 atom stereocenters. The van der Waals surface area contributed by atoms with Gasteiger partial charge in [0.1, 0.15) is 17.0 Å². The summed E-state index contributed by atoms with van der Waals surface area (Å²) in [7, 11) is 2.74. The van der Waals surface area contributed by atoms with Crippen molar-refractivity contribution < 1.29 is 32.3 Å². The van der Waals surface area contributed by atoms with Gasteiger partial charge in [-0.05, 0) is 76.6 Å². The van der Waals surface area contributed by atoms with Crippen LogP contribution in [0.25, 0.3) is 5.57 Å². The second kappa shape index (κ2) is 14.4. The van der Waals surface area contributed by atoms with E-state index in [1.165, 1.54) is 6.07 Å². The average molecular weight is 576 g/mol. The number of nitrogens with zero attached hydrogens (tertiary/aromatic N) is 3. The summed E-state index contributed by atoms with van der Waals surface area (Å²) in [6.45, 7) is 11.4. The molecule has 1 saturated carbocycles. The summed E-state index contributed by atoms with van der Waals surface area (Å²) in [6, 6.07) is 7.53. The number of amidine groups is 1. The molecule has 1 N–H and O–H groups in total. The number of allylic oxidation sites excluding steroid dienone is 2. The summed E-state index contributed by atoms with van der Waals surface area (Å²) in [6.07, 6.45) is 1.50. The molecule has 1 unspecified atom stereocenters. The van der Waals surface area contributed by atoms with Crippen molar-refractivity contribution in [3.63, 3.8) is 0 Å². The molecule has 1 aliphatic carbocycles. The second-order valence-corrected chi connectivity index (χ2v) is 10.1. The van der Waals surface area contributed by atoms with Gasteiger partial charge in [-0.3, -0.25) is 9.79 Å². The maximum Gasteiger partial charge on any atom is 0.401 e. The van der Waals surface area contributed by atoms with Crippen LogP contribution in [0.1, 0.15) is 75.1 Å². The normalized spacial score (nSPS) is 18.3. The lowest BCUT2D eigenvalue weighted by Crippen LogP contribution is -2.28. The van der Waals surface area contributed by atoms with Crippen LogP contribution in [0, 0.1) is 13.8 Å². The van der Waals surface area contributed by atoms with Gasteiger partial charge in [0, 0.05) is 38.4 Å². The summed E-state index contributed by atoms with van der Waals surface area (Å²) >= 11 is 0. The van der Waals surface area contributed by atoms with E-state index in [0.29, 0.717) is 18.0 Å². The van der Waals surface area contributed by atoms with E-state index in [4.69, 9.17) is 9.84 Å². The van der Waals surface area contributed by atoms with Crippen molar-refractivity contribution in [2.24, 2.45) is 9.98 Å². The molecule has 0 radical (unpaired) electrons. The van der Waals surface area contributed by atoms with Crippen molar-refractivity contribution in [3.8, 4) is 0 Å². The predicted molar refractivity (Wildman–Crippen MR) is 155 cm³/mol. The van der Waals surface area contributed by atoms with E-state index in [0.717, 1.165) is 47.1 Å². The Balaban J connectivity index is 0.000000326. The van der Waals surface area contributed by atoms with Gasteiger partial charge in [0.05, 0.1) is 17.4 Å². The number of halogens is 3. The first-order valence-corrected chi connectivity index (χ1v) is 13.5. The Labute approximate surface area is 239 Å². The Hall–Kier alpha value is -3.53. The Morgan fingerprint density at radius 2 is 1.85 bits per heavy atom. The van der Waals surface area contributed by atoms with Gasteiger partial charge in [0.2, 0.25) is 0 Å². The number of alkyl halides is 3. The minimum atomic E-state index is -4.21. The molecule has 1 fully saturated rings. The number of carbonyl (C=O) groups is 1. The summed E-state index contributed by atoms with van der Waals surface area (Å²) in [4.78, 5) is 20.2. The Morgan fingerprint density at radius 1 is 1.20 bits per heavy atom. The van der Waals surface area contributed by atoms with Gasteiger partial charge in [0.15, 0.2) is 11.6 Å². The fourth-order valence-corrected chi connectivity index (χ4v) is 4.23. The highest BCUT2D eigenvalue weighted by Crippen LogP contribution is 2.58. The lowest BCUT2D eigenvalue weighted by atomic mass is 9.95. The Kier molecular flexibility index (Phi) is 11.8. The van der Waals surface area contributed by atoms with Gasteiger partial charge >= 0.3 is 6.18 Å². The minimum absolute atomic E-state index is 0.0440. The monoisotopic (exact) mass is 575 g/mol. The number of hydrogen-bond acceptors (Lipinski definition) is 6. The highest BCUT2D eigenvalue weighted by molar-refractivity contribution is 6.22. The number of rotatable bonds is 7. The number of carbonyl (C=O) groups excluding carboxylic acids is 1. The van der Waals surface area contributed by atoms with Crippen LogP contribution in [-0.2, 0) is 21.4 Å². The van der Waals surface area contributed by atoms with Crippen LogP contribution in [0.5, 0.6) is 0 Å². The Bertz CT molecular complexity index is 1330. The molecular formula is C31H40F3N3O4. The van der Waals surface area contributed by atoms with Gasteiger partial charge in [-0.25, -0.2) is 4.99 Å². The molecule has 7 nitrogen and oxygen atoms in total. The second-order valence-electron chi connectivity index (χ2n) is 10.1. The number of aromatic nitrogens is 1. The van der Waals surface area contributed by atoms with Crippen molar-refractivity contribution in [1.82, 2.24) is 5.16 Å². The lowest BCUT2D eigenvalue weighted by Gasteiger charge is -2.18. The molecular weight excluding hydrogens is 535 g/mol. The SMILES string of the molecule is CCC(C)O/C(C)=C1\C=C(c2ccc(CC(C)=O)c(C)c2)C=NC1=NC.CO.Cc1cc(C2(C(F)(F)F)CC2)on1.